The lowest BCUT2D eigenvalue weighted by molar-refractivity contribution is 0.846. The summed E-state index contributed by atoms with van der Waals surface area (Å²) >= 11 is 0. The first kappa shape index (κ1) is 9.77. The molecule has 2 rings (SSSR count). The molecule has 3 nitrogen and oxygen atoms in total. The minimum Gasteiger partial charge on any atom is -0.298 e. The molecule has 0 unspecified atom stereocenters. The van der Waals surface area contributed by atoms with Crippen LogP contribution in [0.1, 0.15) is 16.7 Å². The molecule has 1 aromatic heterocycles. The average molecular weight is 202 g/mol. The molecular weight excluding hydrogens is 188 g/mol. The number of rotatable bonds is 1. The fourth-order valence-corrected chi connectivity index (χ4v) is 1.51. The molecule has 1 N–H and O–H groups in total. The van der Waals surface area contributed by atoms with Crippen LogP contribution in [-0.4, -0.2) is 9.78 Å². The van der Waals surface area contributed by atoms with Gasteiger partial charge in [-0.2, -0.15) is 0 Å². The number of aryl methyl sites for hydroxylation is 3. The Morgan fingerprint density at radius 3 is 2.33 bits per heavy atom. The van der Waals surface area contributed by atoms with Gasteiger partial charge in [0.15, 0.2) is 0 Å². The van der Waals surface area contributed by atoms with Crippen LogP contribution in [0.15, 0.2) is 29.2 Å². The highest BCUT2D eigenvalue weighted by Gasteiger charge is 2.04. The van der Waals surface area contributed by atoms with E-state index in [2.05, 4.69) is 12.0 Å². The minimum atomic E-state index is 0.0123. The van der Waals surface area contributed by atoms with Gasteiger partial charge in [0.05, 0.1) is 5.69 Å². The van der Waals surface area contributed by atoms with Gasteiger partial charge in [0.2, 0.25) is 0 Å². The van der Waals surface area contributed by atoms with Gasteiger partial charge in [-0.3, -0.25) is 9.89 Å². The van der Waals surface area contributed by atoms with E-state index in [0.29, 0.717) is 0 Å². The Labute approximate surface area is 88.4 Å². The molecule has 0 atom stereocenters. The molecule has 78 valence electrons. The SMILES string of the molecule is Cc1ccc(-n2[nH]cc(C)c2=O)cc1C. The highest BCUT2D eigenvalue weighted by atomic mass is 16.1. The van der Waals surface area contributed by atoms with E-state index in [1.807, 2.05) is 25.1 Å². The predicted octanol–water partition coefficient (Wildman–Crippen LogP) is 2.09. The van der Waals surface area contributed by atoms with Crippen LogP contribution in [0.3, 0.4) is 0 Å². The number of nitrogens with zero attached hydrogens (tertiary/aromatic N) is 1. The van der Waals surface area contributed by atoms with Gasteiger partial charge in [0.1, 0.15) is 0 Å². The van der Waals surface area contributed by atoms with Gasteiger partial charge in [0.25, 0.3) is 5.56 Å². The molecule has 1 aromatic carbocycles. The normalized spacial score (nSPS) is 10.6. The Balaban J connectivity index is 2.60. The minimum absolute atomic E-state index is 0.0123. The van der Waals surface area contributed by atoms with E-state index in [-0.39, 0.29) is 5.56 Å². The summed E-state index contributed by atoms with van der Waals surface area (Å²) < 4.78 is 1.56. The quantitative estimate of drug-likeness (QED) is 0.755. The summed E-state index contributed by atoms with van der Waals surface area (Å²) in [6.45, 7) is 5.90. The number of aromatic nitrogens is 2. The van der Waals surface area contributed by atoms with Crippen molar-refractivity contribution in [3.8, 4) is 5.69 Å². The molecule has 0 bridgehead atoms. The summed E-state index contributed by atoms with van der Waals surface area (Å²) in [5.74, 6) is 0. The molecule has 0 radical (unpaired) electrons. The van der Waals surface area contributed by atoms with E-state index >= 15 is 0 Å². The first-order valence-electron chi connectivity index (χ1n) is 4.94. The number of hydrogen-bond donors (Lipinski definition) is 1. The van der Waals surface area contributed by atoms with Gasteiger partial charge in [-0.05, 0) is 44.0 Å². The Kier molecular flexibility index (Phi) is 2.23. The van der Waals surface area contributed by atoms with Gasteiger partial charge < -0.3 is 0 Å². The van der Waals surface area contributed by atoms with E-state index in [0.717, 1.165) is 11.3 Å². The maximum atomic E-state index is 11.7. The molecule has 0 saturated heterocycles. The number of nitrogens with one attached hydrogen (secondary N) is 1. The molecule has 0 spiro atoms. The van der Waals surface area contributed by atoms with Gasteiger partial charge in [-0.1, -0.05) is 6.07 Å². The van der Waals surface area contributed by atoms with Crippen molar-refractivity contribution in [2.24, 2.45) is 0 Å². The number of H-pyrrole nitrogens is 1. The molecule has 2 aromatic rings. The third-order valence-corrected chi connectivity index (χ3v) is 2.70. The third kappa shape index (κ3) is 1.61. The molecule has 15 heavy (non-hydrogen) atoms. The molecule has 3 heteroatoms. The second-order valence-electron chi connectivity index (χ2n) is 3.87. The lowest BCUT2D eigenvalue weighted by atomic mass is 10.1. The molecule has 0 aliphatic heterocycles. The monoisotopic (exact) mass is 202 g/mol. The third-order valence-electron chi connectivity index (χ3n) is 2.70. The molecule has 0 amide bonds. The Morgan fingerprint density at radius 2 is 1.80 bits per heavy atom. The van der Waals surface area contributed by atoms with Crippen LogP contribution in [0.2, 0.25) is 0 Å². The molecule has 0 aliphatic carbocycles. The van der Waals surface area contributed by atoms with E-state index in [4.69, 9.17) is 0 Å². The zero-order valence-corrected chi connectivity index (χ0v) is 9.16. The van der Waals surface area contributed by atoms with Gasteiger partial charge in [-0.15, -0.1) is 0 Å². The van der Waals surface area contributed by atoms with Crippen molar-refractivity contribution >= 4 is 0 Å². The smallest absolute Gasteiger partial charge is 0.274 e. The molecule has 1 heterocycles. The van der Waals surface area contributed by atoms with Crippen LogP contribution in [0.25, 0.3) is 5.69 Å². The predicted molar refractivity (Wildman–Crippen MR) is 60.6 cm³/mol. The average Bonchev–Trinajstić information content (AvgIpc) is 2.53. The van der Waals surface area contributed by atoms with Crippen LogP contribution >= 0.6 is 0 Å². The van der Waals surface area contributed by atoms with Gasteiger partial charge in [-0.25, -0.2) is 4.68 Å². The van der Waals surface area contributed by atoms with Crippen molar-refractivity contribution in [1.82, 2.24) is 9.78 Å². The number of aromatic amines is 1. The summed E-state index contributed by atoms with van der Waals surface area (Å²) in [4.78, 5) is 11.7. The fourth-order valence-electron chi connectivity index (χ4n) is 1.51. The standard InChI is InChI=1S/C12H14N2O/c1-8-4-5-11(6-9(8)2)14-12(15)10(3)7-13-14/h4-7,13H,1-3H3. The summed E-state index contributed by atoms with van der Waals surface area (Å²) in [7, 11) is 0. The highest BCUT2D eigenvalue weighted by Crippen LogP contribution is 2.11. The zero-order valence-electron chi connectivity index (χ0n) is 9.16. The summed E-state index contributed by atoms with van der Waals surface area (Å²) in [5, 5.41) is 2.94. The summed E-state index contributed by atoms with van der Waals surface area (Å²) in [5.41, 5.74) is 4.05. The largest absolute Gasteiger partial charge is 0.298 e. The lowest BCUT2D eigenvalue weighted by Crippen LogP contribution is -2.15. The molecular formula is C12H14N2O. The maximum absolute atomic E-state index is 11.7. The van der Waals surface area contributed by atoms with Crippen LogP contribution in [0.5, 0.6) is 0 Å². The van der Waals surface area contributed by atoms with Crippen molar-refractivity contribution in [1.29, 1.82) is 0 Å². The van der Waals surface area contributed by atoms with Crippen molar-refractivity contribution in [3.05, 3.63) is 51.4 Å². The van der Waals surface area contributed by atoms with Gasteiger partial charge in [0, 0.05) is 11.8 Å². The van der Waals surface area contributed by atoms with Gasteiger partial charge >= 0.3 is 0 Å². The zero-order chi connectivity index (χ0) is 11.0. The maximum Gasteiger partial charge on any atom is 0.274 e. The molecule has 0 aliphatic rings. The first-order valence-corrected chi connectivity index (χ1v) is 4.94. The topological polar surface area (TPSA) is 37.8 Å². The Morgan fingerprint density at radius 1 is 1.07 bits per heavy atom. The van der Waals surface area contributed by atoms with E-state index < -0.39 is 0 Å². The summed E-state index contributed by atoms with van der Waals surface area (Å²) in [6, 6.07) is 5.97. The van der Waals surface area contributed by atoms with E-state index in [9.17, 15) is 4.79 Å². The number of benzene rings is 1. The molecule has 0 saturated carbocycles. The number of hydrogen-bond acceptors (Lipinski definition) is 1. The van der Waals surface area contributed by atoms with Crippen molar-refractivity contribution in [2.75, 3.05) is 0 Å². The van der Waals surface area contributed by atoms with E-state index in [1.54, 1.807) is 17.8 Å². The molecule has 0 fully saturated rings. The first-order chi connectivity index (χ1) is 7.09. The van der Waals surface area contributed by atoms with Crippen molar-refractivity contribution < 1.29 is 0 Å². The second kappa shape index (κ2) is 3.42. The Hall–Kier alpha value is -1.77. The van der Waals surface area contributed by atoms with Crippen LogP contribution in [0.4, 0.5) is 0 Å². The summed E-state index contributed by atoms with van der Waals surface area (Å²) in [6.07, 6.45) is 1.72. The van der Waals surface area contributed by atoms with Crippen molar-refractivity contribution in [3.63, 3.8) is 0 Å². The second-order valence-corrected chi connectivity index (χ2v) is 3.87. The van der Waals surface area contributed by atoms with Crippen molar-refractivity contribution in [2.45, 2.75) is 20.8 Å². The van der Waals surface area contributed by atoms with Crippen LogP contribution in [-0.2, 0) is 0 Å². The highest BCUT2D eigenvalue weighted by molar-refractivity contribution is 5.39. The van der Waals surface area contributed by atoms with Crippen LogP contribution in [0, 0.1) is 20.8 Å². The van der Waals surface area contributed by atoms with Crippen LogP contribution < -0.4 is 5.56 Å². The fraction of sp³-hybridized carbons (Fsp3) is 0.250. The van der Waals surface area contributed by atoms with E-state index in [1.165, 1.54) is 11.1 Å². The Bertz CT molecular complexity index is 549. The lowest BCUT2D eigenvalue weighted by Gasteiger charge is -2.04.